The van der Waals surface area contributed by atoms with Crippen LogP contribution in [0.3, 0.4) is 0 Å². The Bertz CT molecular complexity index is 946. The molecule has 2 atom stereocenters. The van der Waals surface area contributed by atoms with Crippen LogP contribution < -0.4 is 15.0 Å². The molecule has 8 heteroatoms. The predicted octanol–water partition coefficient (Wildman–Crippen LogP) is 2.19. The molecule has 0 saturated heterocycles. The lowest BCUT2D eigenvalue weighted by molar-refractivity contribution is -0.141. The van der Waals surface area contributed by atoms with Gasteiger partial charge < -0.3 is 15.2 Å². The number of rotatable bonds is 5. The highest BCUT2D eigenvalue weighted by atomic mass is 19.1. The Morgan fingerprint density at radius 1 is 1.29 bits per heavy atom. The molecule has 7 nitrogen and oxygen atoms in total. The summed E-state index contributed by atoms with van der Waals surface area (Å²) in [6.07, 6.45) is -0.766. The molecule has 146 valence electrons. The number of hydrogen-bond acceptors (Lipinski definition) is 4. The van der Waals surface area contributed by atoms with Crippen LogP contribution in [0, 0.1) is 12.7 Å². The van der Waals surface area contributed by atoms with Gasteiger partial charge in [0.1, 0.15) is 18.1 Å². The van der Waals surface area contributed by atoms with Gasteiger partial charge in [-0.25, -0.2) is 9.18 Å². The Morgan fingerprint density at radius 2 is 2.00 bits per heavy atom. The summed E-state index contributed by atoms with van der Waals surface area (Å²) in [7, 11) is 0. The standard InChI is InChI=1S/C20H19FN2O5/c1-11-9-13(7-8-14(11)21)18(20(26)27)22-17(24)10-23-15-5-3-4-6-16(15)28-12(2)19(23)25/h3-9,12,18H,10H2,1-2H3,(H,22,24)(H,26,27). The summed E-state index contributed by atoms with van der Waals surface area (Å²) in [4.78, 5) is 37.9. The minimum atomic E-state index is -1.37. The minimum Gasteiger partial charge on any atom is -0.479 e. The molecule has 2 N–H and O–H groups in total. The third kappa shape index (κ3) is 3.80. The maximum atomic E-state index is 13.5. The molecule has 3 rings (SSSR count). The highest BCUT2D eigenvalue weighted by Gasteiger charge is 2.33. The van der Waals surface area contributed by atoms with Crippen molar-refractivity contribution in [3.8, 4) is 5.75 Å². The third-order valence-corrected chi connectivity index (χ3v) is 4.44. The molecule has 1 aliphatic heterocycles. The number of carbonyl (C=O) groups excluding carboxylic acids is 2. The number of halogens is 1. The quantitative estimate of drug-likeness (QED) is 0.821. The van der Waals surface area contributed by atoms with Crippen LogP contribution in [0.5, 0.6) is 5.75 Å². The van der Waals surface area contributed by atoms with Crippen LogP contribution in [0.1, 0.15) is 24.1 Å². The molecule has 0 spiro atoms. The summed E-state index contributed by atoms with van der Waals surface area (Å²) in [6, 6.07) is 9.24. The van der Waals surface area contributed by atoms with Crippen LogP contribution in [0.2, 0.25) is 0 Å². The molecule has 2 amide bonds. The summed E-state index contributed by atoms with van der Waals surface area (Å²) < 4.78 is 19.0. The molecule has 0 saturated carbocycles. The van der Waals surface area contributed by atoms with Crippen molar-refractivity contribution in [2.45, 2.75) is 26.0 Å². The lowest BCUT2D eigenvalue weighted by atomic mass is 10.0. The number of nitrogens with one attached hydrogen (secondary N) is 1. The number of aryl methyl sites for hydroxylation is 1. The molecule has 1 heterocycles. The first-order chi connectivity index (χ1) is 13.3. The van der Waals surface area contributed by atoms with Crippen molar-refractivity contribution in [3.05, 3.63) is 59.4 Å². The SMILES string of the molecule is Cc1cc(C(NC(=O)CN2C(=O)C(C)Oc3ccccc32)C(=O)O)ccc1F. The van der Waals surface area contributed by atoms with Crippen molar-refractivity contribution in [3.63, 3.8) is 0 Å². The normalized spacial score (nSPS) is 16.8. The van der Waals surface area contributed by atoms with E-state index in [2.05, 4.69) is 5.32 Å². The summed E-state index contributed by atoms with van der Waals surface area (Å²) >= 11 is 0. The fraction of sp³-hybridized carbons (Fsp3) is 0.250. The molecular weight excluding hydrogens is 367 g/mol. The topological polar surface area (TPSA) is 95.9 Å². The van der Waals surface area contributed by atoms with Gasteiger partial charge in [0.15, 0.2) is 12.1 Å². The van der Waals surface area contributed by atoms with Crippen molar-refractivity contribution >= 4 is 23.5 Å². The number of ether oxygens (including phenoxy) is 1. The summed E-state index contributed by atoms with van der Waals surface area (Å²) in [6.45, 7) is 2.71. The van der Waals surface area contributed by atoms with Gasteiger partial charge in [0.2, 0.25) is 5.91 Å². The second-order valence-electron chi connectivity index (χ2n) is 6.50. The van der Waals surface area contributed by atoms with Crippen molar-refractivity contribution in [1.82, 2.24) is 5.32 Å². The van der Waals surface area contributed by atoms with Crippen molar-refractivity contribution < 1.29 is 28.6 Å². The van der Waals surface area contributed by atoms with E-state index in [1.54, 1.807) is 31.2 Å². The van der Waals surface area contributed by atoms with Gasteiger partial charge in [0.05, 0.1) is 5.69 Å². The minimum absolute atomic E-state index is 0.238. The molecular formula is C20H19FN2O5. The van der Waals surface area contributed by atoms with E-state index in [4.69, 9.17) is 4.74 Å². The van der Waals surface area contributed by atoms with Gasteiger partial charge in [-0.2, -0.15) is 0 Å². The highest BCUT2D eigenvalue weighted by molar-refractivity contribution is 6.04. The van der Waals surface area contributed by atoms with Crippen LogP contribution in [0.25, 0.3) is 0 Å². The van der Waals surface area contributed by atoms with E-state index >= 15 is 0 Å². The maximum Gasteiger partial charge on any atom is 0.330 e. The summed E-state index contributed by atoms with van der Waals surface area (Å²) in [5.41, 5.74) is 0.941. The number of hydrogen-bond donors (Lipinski definition) is 2. The molecule has 2 aromatic rings. The molecule has 0 fully saturated rings. The van der Waals surface area contributed by atoms with Gasteiger partial charge in [-0.05, 0) is 43.2 Å². The zero-order valence-electron chi connectivity index (χ0n) is 15.3. The first-order valence-corrected chi connectivity index (χ1v) is 8.63. The van der Waals surface area contributed by atoms with E-state index in [1.807, 2.05) is 0 Å². The highest BCUT2D eigenvalue weighted by Crippen LogP contribution is 2.33. The number of para-hydroxylation sites is 2. The average molecular weight is 386 g/mol. The van der Waals surface area contributed by atoms with Crippen LogP contribution in [-0.4, -0.2) is 35.5 Å². The number of fused-ring (bicyclic) bond motifs is 1. The van der Waals surface area contributed by atoms with Crippen LogP contribution in [0.15, 0.2) is 42.5 Å². The molecule has 2 unspecified atom stereocenters. The molecule has 0 aliphatic carbocycles. The number of aliphatic carboxylic acids is 1. The van der Waals surface area contributed by atoms with Crippen LogP contribution >= 0.6 is 0 Å². The van der Waals surface area contributed by atoms with E-state index < -0.39 is 35.7 Å². The second-order valence-corrected chi connectivity index (χ2v) is 6.50. The Balaban J connectivity index is 1.81. The van der Waals surface area contributed by atoms with Crippen molar-refractivity contribution in [2.75, 3.05) is 11.4 Å². The van der Waals surface area contributed by atoms with E-state index in [9.17, 15) is 23.9 Å². The van der Waals surface area contributed by atoms with E-state index in [-0.39, 0.29) is 17.7 Å². The Kier molecular flexibility index (Phi) is 5.30. The van der Waals surface area contributed by atoms with Gasteiger partial charge >= 0.3 is 5.97 Å². The van der Waals surface area contributed by atoms with E-state index in [1.165, 1.54) is 24.0 Å². The Labute approximate surface area is 160 Å². The zero-order valence-corrected chi connectivity index (χ0v) is 15.3. The van der Waals surface area contributed by atoms with Gasteiger partial charge in [-0.3, -0.25) is 14.5 Å². The number of carboxylic acid groups (broad SMARTS) is 1. The first-order valence-electron chi connectivity index (χ1n) is 8.63. The maximum absolute atomic E-state index is 13.5. The lowest BCUT2D eigenvalue weighted by Crippen LogP contribution is -2.49. The number of nitrogens with zero attached hydrogens (tertiary/aromatic N) is 1. The number of amides is 2. The average Bonchev–Trinajstić information content (AvgIpc) is 2.65. The fourth-order valence-corrected chi connectivity index (χ4v) is 3.01. The summed E-state index contributed by atoms with van der Waals surface area (Å²) in [5.74, 6) is -2.36. The largest absolute Gasteiger partial charge is 0.479 e. The van der Waals surface area contributed by atoms with E-state index in [0.717, 1.165) is 6.07 Å². The molecule has 2 aromatic carbocycles. The number of anilines is 1. The van der Waals surface area contributed by atoms with Crippen LogP contribution in [0.4, 0.5) is 10.1 Å². The Hall–Kier alpha value is -3.42. The third-order valence-electron chi connectivity index (χ3n) is 4.44. The van der Waals surface area contributed by atoms with Crippen LogP contribution in [-0.2, 0) is 14.4 Å². The molecule has 0 aromatic heterocycles. The predicted molar refractivity (Wildman–Crippen MR) is 98.5 cm³/mol. The molecule has 28 heavy (non-hydrogen) atoms. The monoisotopic (exact) mass is 386 g/mol. The van der Waals surface area contributed by atoms with Gasteiger partial charge in [-0.15, -0.1) is 0 Å². The van der Waals surface area contributed by atoms with Gasteiger partial charge in [0, 0.05) is 0 Å². The fourth-order valence-electron chi connectivity index (χ4n) is 3.01. The number of carbonyl (C=O) groups is 3. The molecule has 0 bridgehead atoms. The Morgan fingerprint density at radius 3 is 2.68 bits per heavy atom. The van der Waals surface area contributed by atoms with E-state index in [0.29, 0.717) is 11.4 Å². The number of benzene rings is 2. The van der Waals surface area contributed by atoms with Gasteiger partial charge in [-0.1, -0.05) is 24.3 Å². The van der Waals surface area contributed by atoms with Crippen molar-refractivity contribution in [2.24, 2.45) is 0 Å². The number of carboxylic acids is 1. The lowest BCUT2D eigenvalue weighted by Gasteiger charge is -2.32. The smallest absolute Gasteiger partial charge is 0.330 e. The van der Waals surface area contributed by atoms with Crippen molar-refractivity contribution in [1.29, 1.82) is 0 Å². The second kappa shape index (κ2) is 7.67. The van der Waals surface area contributed by atoms with Gasteiger partial charge in [0.25, 0.3) is 5.91 Å². The zero-order chi connectivity index (χ0) is 20.4. The first kappa shape index (κ1) is 19.3. The molecule has 1 aliphatic rings. The summed E-state index contributed by atoms with van der Waals surface area (Å²) in [5, 5.41) is 11.9. The molecule has 0 radical (unpaired) electrons.